The number of amides is 1. The summed E-state index contributed by atoms with van der Waals surface area (Å²) in [6.45, 7) is 3.87. The molecule has 0 saturated carbocycles. The van der Waals surface area contributed by atoms with Crippen molar-refractivity contribution in [2.75, 3.05) is 0 Å². The number of carbonyl (C=O) groups excluding carboxylic acids is 1. The van der Waals surface area contributed by atoms with Gasteiger partial charge in [-0.1, -0.05) is 4.98 Å². The molecule has 2 bridgehead atoms. The lowest BCUT2D eigenvalue weighted by molar-refractivity contribution is -0.609. The molecule has 0 spiro atoms. The van der Waals surface area contributed by atoms with Crippen LogP contribution in [-0.2, 0) is 4.74 Å². The lowest BCUT2D eigenvalue weighted by Crippen LogP contribution is -2.49. The first-order valence-corrected chi connectivity index (χ1v) is 9.41. The molecule has 2 saturated heterocycles. The summed E-state index contributed by atoms with van der Waals surface area (Å²) in [4.78, 5) is 19.0. The number of hydrogen-bond acceptors (Lipinski definition) is 5. The maximum absolute atomic E-state index is 14.0. The van der Waals surface area contributed by atoms with Crippen molar-refractivity contribution in [3.8, 4) is 11.5 Å². The van der Waals surface area contributed by atoms with Gasteiger partial charge in [-0.05, 0) is 51.3 Å². The molecule has 4 rings (SSSR count). The minimum absolute atomic E-state index is 0.0204. The summed E-state index contributed by atoms with van der Waals surface area (Å²) < 4.78 is 26.1. The molecule has 1 aromatic carbocycles. The fraction of sp³-hybridized carbons (Fsp3) is 0.450. The van der Waals surface area contributed by atoms with Crippen LogP contribution in [0.15, 0.2) is 36.9 Å². The molecule has 2 aliphatic rings. The van der Waals surface area contributed by atoms with Crippen LogP contribution in [0.5, 0.6) is 11.5 Å². The number of rotatable bonds is 5. The molecule has 1 aromatic heterocycles. The van der Waals surface area contributed by atoms with Gasteiger partial charge in [0, 0.05) is 6.04 Å². The molecule has 0 aliphatic carbocycles. The van der Waals surface area contributed by atoms with E-state index in [1.165, 1.54) is 30.6 Å². The molecule has 0 N–H and O–H groups in total. The second-order valence-electron chi connectivity index (χ2n) is 7.51. The Bertz CT molecular complexity index is 892. The molecule has 2 fully saturated rings. The smallest absolute Gasteiger partial charge is 0.289 e. The van der Waals surface area contributed by atoms with E-state index in [0.29, 0.717) is 4.73 Å². The first kappa shape index (κ1) is 18.6. The minimum Gasteiger partial charge on any atom is -0.711 e. The number of carbonyl (C=O) groups is 1. The third-order valence-electron chi connectivity index (χ3n) is 5.26. The zero-order chi connectivity index (χ0) is 19.8. The summed E-state index contributed by atoms with van der Waals surface area (Å²) in [6.07, 6.45) is 6.58. The topological polar surface area (TPSA) is 78.6 Å². The van der Waals surface area contributed by atoms with Crippen molar-refractivity contribution in [2.24, 2.45) is 0 Å². The van der Waals surface area contributed by atoms with Gasteiger partial charge in [-0.25, -0.2) is 9.12 Å². The second-order valence-corrected chi connectivity index (χ2v) is 7.51. The van der Waals surface area contributed by atoms with Gasteiger partial charge in [0.25, 0.3) is 12.2 Å². The van der Waals surface area contributed by atoms with E-state index >= 15 is 0 Å². The molecular formula is C20H22FN3O4. The molecular weight excluding hydrogens is 365 g/mol. The molecule has 28 heavy (non-hydrogen) atoms. The summed E-state index contributed by atoms with van der Waals surface area (Å²) >= 11 is 0. The van der Waals surface area contributed by atoms with Crippen molar-refractivity contribution >= 4 is 5.91 Å². The average molecular weight is 387 g/mol. The fourth-order valence-electron chi connectivity index (χ4n) is 4.11. The molecule has 8 heteroatoms. The number of aromatic nitrogens is 2. The Morgan fingerprint density at radius 1 is 1.43 bits per heavy atom. The average Bonchev–Trinajstić information content (AvgIpc) is 3.26. The van der Waals surface area contributed by atoms with E-state index in [-0.39, 0.29) is 47.3 Å². The van der Waals surface area contributed by atoms with Crippen molar-refractivity contribution in [1.29, 1.82) is 0 Å². The second kappa shape index (κ2) is 7.35. The Kier molecular flexibility index (Phi) is 4.89. The number of halogens is 1. The summed E-state index contributed by atoms with van der Waals surface area (Å²) in [5.41, 5.74) is 0.109. The van der Waals surface area contributed by atoms with Gasteiger partial charge in [-0.2, -0.15) is 0 Å². The molecule has 0 radical (unpaired) electrons. The molecule has 7 nitrogen and oxygen atoms in total. The van der Waals surface area contributed by atoms with Gasteiger partial charge in [0.05, 0.1) is 23.8 Å². The zero-order valence-corrected chi connectivity index (χ0v) is 15.7. The highest BCUT2D eigenvalue weighted by Crippen LogP contribution is 2.39. The fourth-order valence-corrected chi connectivity index (χ4v) is 4.11. The van der Waals surface area contributed by atoms with Crippen molar-refractivity contribution < 1.29 is 23.4 Å². The Morgan fingerprint density at radius 2 is 2.25 bits per heavy atom. The van der Waals surface area contributed by atoms with Gasteiger partial charge < -0.3 is 19.6 Å². The van der Waals surface area contributed by atoms with E-state index in [1.807, 2.05) is 13.8 Å². The van der Waals surface area contributed by atoms with E-state index in [9.17, 15) is 14.4 Å². The minimum atomic E-state index is -0.534. The summed E-state index contributed by atoms with van der Waals surface area (Å²) in [5.74, 6) is -0.509. The normalized spacial score (nSPS) is 23.2. The predicted molar refractivity (Wildman–Crippen MR) is 97.3 cm³/mol. The highest BCUT2D eigenvalue weighted by Gasteiger charge is 2.46. The SMILES string of the molecule is CC(C)N(C(=O)c1cc(F)ccc1Oc1cnc[n+]([O-])c1)[C@@H]1C[C@@H]2CC[C@H]1O2. The van der Waals surface area contributed by atoms with Crippen molar-refractivity contribution in [3.63, 3.8) is 0 Å². The third-order valence-corrected chi connectivity index (χ3v) is 5.26. The molecule has 2 aliphatic heterocycles. The van der Waals surface area contributed by atoms with E-state index in [0.717, 1.165) is 25.6 Å². The maximum atomic E-state index is 14.0. The molecule has 1 amide bonds. The van der Waals surface area contributed by atoms with Crippen LogP contribution in [0.3, 0.4) is 0 Å². The Balaban J connectivity index is 1.66. The monoisotopic (exact) mass is 387 g/mol. The number of ether oxygens (including phenoxy) is 2. The van der Waals surface area contributed by atoms with Crippen molar-refractivity contribution in [3.05, 3.63) is 53.5 Å². The Hall–Kier alpha value is -2.74. The Labute approximate surface area is 162 Å². The van der Waals surface area contributed by atoms with Gasteiger partial charge in [0.2, 0.25) is 5.75 Å². The molecule has 148 valence electrons. The van der Waals surface area contributed by atoms with Crippen LogP contribution in [0, 0.1) is 11.0 Å². The summed E-state index contributed by atoms with van der Waals surface area (Å²) in [6, 6.07) is 3.65. The lowest BCUT2D eigenvalue weighted by atomic mass is 9.92. The summed E-state index contributed by atoms with van der Waals surface area (Å²) in [7, 11) is 0. The number of nitrogens with zero attached hydrogens (tertiary/aromatic N) is 3. The van der Waals surface area contributed by atoms with E-state index in [1.54, 1.807) is 4.90 Å². The molecule has 2 aromatic rings. The van der Waals surface area contributed by atoms with Crippen LogP contribution in [0.25, 0.3) is 0 Å². The van der Waals surface area contributed by atoms with Gasteiger partial charge in [0.1, 0.15) is 17.8 Å². The quantitative estimate of drug-likeness (QED) is 0.582. The zero-order valence-electron chi connectivity index (χ0n) is 15.7. The number of benzene rings is 1. The number of fused-ring (bicyclic) bond motifs is 2. The van der Waals surface area contributed by atoms with E-state index in [4.69, 9.17) is 9.47 Å². The largest absolute Gasteiger partial charge is 0.711 e. The van der Waals surface area contributed by atoms with E-state index < -0.39 is 5.82 Å². The highest BCUT2D eigenvalue weighted by atomic mass is 19.1. The van der Waals surface area contributed by atoms with Gasteiger partial charge in [-0.15, -0.1) is 0 Å². The van der Waals surface area contributed by atoms with Crippen LogP contribution >= 0.6 is 0 Å². The third kappa shape index (κ3) is 3.52. The highest BCUT2D eigenvalue weighted by molar-refractivity contribution is 5.97. The molecule has 0 unspecified atom stereocenters. The standard InChI is InChI=1S/C20H22FN3O4/c1-12(2)24(17-8-14-4-6-19(17)27-14)20(25)16-7-13(21)3-5-18(16)28-15-9-22-11-23(26)10-15/h3,5,7,9-12,14,17,19H,4,6,8H2,1-2H3/t14-,17+,19+/m0/s1. The summed E-state index contributed by atoms with van der Waals surface area (Å²) in [5, 5.41) is 11.4. The van der Waals surface area contributed by atoms with Crippen molar-refractivity contribution in [1.82, 2.24) is 9.88 Å². The van der Waals surface area contributed by atoms with Crippen LogP contribution < -0.4 is 9.47 Å². The Morgan fingerprint density at radius 3 is 2.89 bits per heavy atom. The first-order chi connectivity index (χ1) is 13.4. The first-order valence-electron chi connectivity index (χ1n) is 9.41. The maximum Gasteiger partial charge on any atom is 0.289 e. The molecule has 3 heterocycles. The lowest BCUT2D eigenvalue weighted by Gasteiger charge is -2.36. The molecule has 3 atom stereocenters. The number of hydrogen-bond donors (Lipinski definition) is 0. The van der Waals surface area contributed by atoms with Gasteiger partial charge >= 0.3 is 0 Å². The van der Waals surface area contributed by atoms with Crippen LogP contribution in [0.4, 0.5) is 4.39 Å². The van der Waals surface area contributed by atoms with Crippen LogP contribution in [-0.4, -0.2) is 40.1 Å². The van der Waals surface area contributed by atoms with Crippen molar-refractivity contribution in [2.45, 2.75) is 57.4 Å². The van der Waals surface area contributed by atoms with Gasteiger partial charge in [-0.3, -0.25) is 4.79 Å². The van der Waals surface area contributed by atoms with Crippen LogP contribution in [0.2, 0.25) is 0 Å². The van der Waals surface area contributed by atoms with Gasteiger partial charge in [0.15, 0.2) is 6.20 Å². The predicted octanol–water partition coefficient (Wildman–Crippen LogP) is 2.82. The van der Waals surface area contributed by atoms with Crippen LogP contribution in [0.1, 0.15) is 43.5 Å². The van der Waals surface area contributed by atoms with E-state index in [2.05, 4.69) is 4.98 Å².